The van der Waals surface area contributed by atoms with Crippen molar-refractivity contribution in [3.8, 4) is 0 Å². The Morgan fingerprint density at radius 3 is 2.29 bits per heavy atom. The van der Waals surface area contributed by atoms with Gasteiger partial charge in [0.2, 0.25) is 11.8 Å². The van der Waals surface area contributed by atoms with Crippen LogP contribution in [0.25, 0.3) is 0 Å². The Morgan fingerprint density at radius 2 is 1.68 bits per heavy atom. The first kappa shape index (κ1) is 24.7. The monoisotopic (exact) mass is 408 g/mol. The predicted molar refractivity (Wildman–Crippen MR) is 96.3 cm³/mol. The first-order chi connectivity index (χ1) is 13.4. The largest absolute Gasteiger partial charge is 0.394 e. The lowest BCUT2D eigenvalue weighted by Gasteiger charge is -2.42. The number of hydrogen-bond acceptors (Lipinski definition) is 9. The Kier molecular flexibility index (Phi) is 12.1. The van der Waals surface area contributed by atoms with Crippen molar-refractivity contribution < 1.29 is 43.9 Å². The van der Waals surface area contributed by atoms with Gasteiger partial charge in [-0.25, -0.2) is 0 Å². The van der Waals surface area contributed by atoms with Gasteiger partial charge in [0, 0.05) is 19.9 Å². The quantitative estimate of drug-likeness (QED) is 0.208. The molecule has 1 aliphatic rings. The number of aliphatic hydroxyl groups is 3. The van der Waals surface area contributed by atoms with Crippen molar-refractivity contribution in [2.75, 3.05) is 46.2 Å². The van der Waals surface area contributed by atoms with Crippen LogP contribution < -0.4 is 10.6 Å². The Labute approximate surface area is 164 Å². The smallest absolute Gasteiger partial charge is 0.219 e. The predicted octanol–water partition coefficient (Wildman–Crippen LogP) is -2.49. The Morgan fingerprint density at radius 1 is 1.04 bits per heavy atom. The summed E-state index contributed by atoms with van der Waals surface area (Å²) in [7, 11) is 0. The number of carbonyl (C=O) groups is 2. The Balaban J connectivity index is 2.22. The summed E-state index contributed by atoms with van der Waals surface area (Å²) >= 11 is 0. The molecule has 1 saturated heterocycles. The van der Waals surface area contributed by atoms with E-state index >= 15 is 0 Å². The molecule has 1 aliphatic heterocycles. The van der Waals surface area contributed by atoms with Gasteiger partial charge < -0.3 is 44.9 Å². The van der Waals surface area contributed by atoms with Gasteiger partial charge in [-0.1, -0.05) is 6.92 Å². The van der Waals surface area contributed by atoms with Crippen LogP contribution in [0.1, 0.15) is 20.3 Å². The van der Waals surface area contributed by atoms with Crippen LogP contribution in [0, 0.1) is 0 Å². The standard InChI is InChI=1S/C17H32N2O9/c1-3-13(22)18-4-5-25-6-7-26-8-9-27-17-14(19-11(2)21)16(24)15(23)12(10-20)28-17/h12,14-17,20,23-24H,3-10H2,1-2H3,(H,18,22)(H,19,21)/t12-,14-,15+,16-,17-/m1/s1. The fourth-order valence-electron chi connectivity index (χ4n) is 2.55. The van der Waals surface area contributed by atoms with Crippen molar-refractivity contribution in [1.29, 1.82) is 0 Å². The van der Waals surface area contributed by atoms with Crippen LogP contribution in [0.15, 0.2) is 0 Å². The fraction of sp³-hybridized carbons (Fsp3) is 0.882. The molecule has 28 heavy (non-hydrogen) atoms. The molecule has 11 nitrogen and oxygen atoms in total. The summed E-state index contributed by atoms with van der Waals surface area (Å²) in [6.07, 6.45) is -4.32. The summed E-state index contributed by atoms with van der Waals surface area (Å²) < 4.78 is 21.6. The molecule has 0 radical (unpaired) electrons. The molecule has 0 spiro atoms. The van der Waals surface area contributed by atoms with Crippen molar-refractivity contribution in [2.24, 2.45) is 0 Å². The van der Waals surface area contributed by atoms with Crippen LogP contribution in [0.4, 0.5) is 0 Å². The van der Waals surface area contributed by atoms with Gasteiger partial charge in [0.25, 0.3) is 0 Å². The van der Waals surface area contributed by atoms with Crippen molar-refractivity contribution in [3.63, 3.8) is 0 Å². The van der Waals surface area contributed by atoms with E-state index in [2.05, 4.69) is 10.6 Å². The average molecular weight is 408 g/mol. The minimum Gasteiger partial charge on any atom is -0.394 e. The average Bonchev–Trinajstić information content (AvgIpc) is 2.67. The number of hydrogen-bond donors (Lipinski definition) is 5. The van der Waals surface area contributed by atoms with Gasteiger partial charge in [-0.15, -0.1) is 0 Å². The maximum absolute atomic E-state index is 11.3. The fourth-order valence-corrected chi connectivity index (χ4v) is 2.55. The molecule has 5 N–H and O–H groups in total. The van der Waals surface area contributed by atoms with Crippen LogP contribution in [0.3, 0.4) is 0 Å². The molecule has 0 aliphatic carbocycles. The van der Waals surface area contributed by atoms with Crippen LogP contribution in [-0.4, -0.2) is 104 Å². The van der Waals surface area contributed by atoms with Crippen molar-refractivity contribution in [1.82, 2.24) is 10.6 Å². The lowest BCUT2D eigenvalue weighted by Crippen LogP contribution is -2.64. The van der Waals surface area contributed by atoms with Crippen LogP contribution in [0.5, 0.6) is 0 Å². The molecule has 164 valence electrons. The normalized spacial score (nSPS) is 27.4. The molecule has 0 bridgehead atoms. The van der Waals surface area contributed by atoms with E-state index in [1.807, 2.05) is 0 Å². The topological polar surface area (TPSA) is 156 Å². The highest BCUT2D eigenvalue weighted by atomic mass is 16.7. The number of rotatable bonds is 13. The van der Waals surface area contributed by atoms with E-state index in [4.69, 9.17) is 18.9 Å². The van der Waals surface area contributed by atoms with Gasteiger partial charge >= 0.3 is 0 Å². The molecule has 1 heterocycles. The Bertz CT molecular complexity index is 466. The van der Waals surface area contributed by atoms with E-state index in [9.17, 15) is 24.9 Å². The van der Waals surface area contributed by atoms with Crippen LogP contribution in [0.2, 0.25) is 0 Å². The lowest BCUT2D eigenvalue weighted by molar-refractivity contribution is -0.272. The van der Waals surface area contributed by atoms with Gasteiger partial charge in [-0.3, -0.25) is 9.59 Å². The van der Waals surface area contributed by atoms with Crippen molar-refractivity contribution in [2.45, 2.75) is 50.9 Å². The van der Waals surface area contributed by atoms with Gasteiger partial charge in [0.15, 0.2) is 6.29 Å². The minimum absolute atomic E-state index is 0.0272. The molecule has 0 aromatic carbocycles. The first-order valence-corrected chi connectivity index (χ1v) is 9.34. The Hall–Kier alpha value is -1.34. The number of nitrogens with one attached hydrogen (secondary N) is 2. The van der Waals surface area contributed by atoms with Crippen molar-refractivity contribution in [3.05, 3.63) is 0 Å². The van der Waals surface area contributed by atoms with E-state index in [1.54, 1.807) is 6.92 Å². The highest BCUT2D eigenvalue weighted by molar-refractivity contribution is 5.75. The summed E-state index contributed by atoms with van der Waals surface area (Å²) in [5.41, 5.74) is 0. The van der Waals surface area contributed by atoms with E-state index < -0.39 is 43.2 Å². The van der Waals surface area contributed by atoms with E-state index in [1.165, 1.54) is 6.92 Å². The van der Waals surface area contributed by atoms with E-state index in [0.717, 1.165) is 0 Å². The number of aliphatic hydroxyl groups excluding tert-OH is 3. The third-order valence-corrected chi connectivity index (χ3v) is 4.02. The summed E-state index contributed by atoms with van der Waals surface area (Å²) in [5, 5.41) is 34.5. The van der Waals surface area contributed by atoms with Gasteiger partial charge in [0.1, 0.15) is 24.4 Å². The molecule has 2 amide bonds. The molecule has 1 fully saturated rings. The number of carbonyl (C=O) groups excluding carboxylic acids is 2. The highest BCUT2D eigenvalue weighted by Gasteiger charge is 2.45. The maximum Gasteiger partial charge on any atom is 0.219 e. The minimum atomic E-state index is -1.35. The molecule has 0 unspecified atom stereocenters. The molecule has 0 aromatic rings. The summed E-state index contributed by atoms with van der Waals surface area (Å²) in [6.45, 7) is 4.37. The summed E-state index contributed by atoms with van der Waals surface area (Å²) in [5.74, 6) is -0.444. The molecule has 0 saturated carbocycles. The third kappa shape index (κ3) is 8.78. The van der Waals surface area contributed by atoms with Crippen molar-refractivity contribution >= 4 is 11.8 Å². The maximum atomic E-state index is 11.3. The third-order valence-electron chi connectivity index (χ3n) is 4.02. The van der Waals surface area contributed by atoms with Gasteiger partial charge in [-0.05, 0) is 0 Å². The molecule has 5 atom stereocenters. The zero-order valence-corrected chi connectivity index (χ0v) is 16.3. The molecular weight excluding hydrogens is 376 g/mol. The van der Waals surface area contributed by atoms with E-state index in [0.29, 0.717) is 32.8 Å². The lowest BCUT2D eigenvalue weighted by atomic mass is 9.97. The SMILES string of the molecule is CCC(=O)NCCOCCOCCO[C@@H]1O[C@H](CO)[C@H](O)[C@H](O)[C@H]1NC(C)=O. The highest BCUT2D eigenvalue weighted by Crippen LogP contribution is 2.22. The molecule has 11 heteroatoms. The summed E-state index contributed by atoms with van der Waals surface area (Å²) in [6, 6.07) is -0.975. The van der Waals surface area contributed by atoms with Gasteiger partial charge in [0.05, 0.1) is 39.6 Å². The zero-order chi connectivity index (χ0) is 20.9. The van der Waals surface area contributed by atoms with Crippen LogP contribution in [-0.2, 0) is 28.5 Å². The second-order valence-electron chi connectivity index (χ2n) is 6.23. The number of ether oxygens (including phenoxy) is 4. The summed E-state index contributed by atoms with van der Waals surface area (Å²) in [4.78, 5) is 22.3. The molecule has 1 rings (SSSR count). The van der Waals surface area contributed by atoms with Gasteiger partial charge in [-0.2, -0.15) is 0 Å². The molecule has 0 aromatic heterocycles. The molecular formula is C17H32N2O9. The van der Waals surface area contributed by atoms with Crippen LogP contribution >= 0.6 is 0 Å². The second-order valence-corrected chi connectivity index (χ2v) is 6.23. The van der Waals surface area contributed by atoms with E-state index in [-0.39, 0.29) is 19.1 Å². The first-order valence-electron chi connectivity index (χ1n) is 9.34. The second kappa shape index (κ2) is 13.8. The number of amides is 2. The zero-order valence-electron chi connectivity index (χ0n) is 16.3.